The minimum Gasteiger partial charge on any atom is -0.497 e. The number of rotatable bonds is 11. The number of methoxy groups -OCH3 is 2. The molecule has 0 spiro atoms. The number of aromatic nitrogens is 1. The second-order valence-electron chi connectivity index (χ2n) is 6.79. The lowest BCUT2D eigenvalue weighted by Gasteiger charge is -2.13. The second kappa shape index (κ2) is 10.9. The quantitative estimate of drug-likeness (QED) is 0.447. The first-order valence-electron chi connectivity index (χ1n) is 9.87. The Morgan fingerprint density at radius 3 is 2.47 bits per heavy atom. The van der Waals surface area contributed by atoms with Gasteiger partial charge >= 0.3 is 5.97 Å². The van der Waals surface area contributed by atoms with Crippen LogP contribution in [0.4, 0.5) is 4.39 Å². The van der Waals surface area contributed by atoms with Crippen molar-refractivity contribution in [1.82, 2.24) is 4.98 Å². The molecule has 1 unspecified atom stereocenters. The zero-order valence-electron chi connectivity index (χ0n) is 18.0. The summed E-state index contributed by atoms with van der Waals surface area (Å²) in [5.41, 5.74) is 2.01. The molecule has 0 amide bonds. The molecule has 32 heavy (non-hydrogen) atoms. The van der Waals surface area contributed by atoms with E-state index in [0.29, 0.717) is 22.8 Å². The van der Waals surface area contributed by atoms with Crippen LogP contribution in [0.3, 0.4) is 0 Å². The standard InChI is InChI=1S/C23H24FNO6S/c1-4-30-21(23(26)27)8-14-5-6-20(19(24)7-14)31-12-16-13-32-22(25-16)15-9-17(28-2)11-18(10-15)29-3/h5-7,9-11,13,21H,4,8,12H2,1-3H3,(H,26,27). The zero-order chi connectivity index (χ0) is 23.1. The van der Waals surface area contributed by atoms with Gasteiger partial charge < -0.3 is 24.1 Å². The molecule has 0 saturated carbocycles. The predicted molar refractivity (Wildman–Crippen MR) is 118 cm³/mol. The molecule has 1 N–H and O–H groups in total. The third-order valence-electron chi connectivity index (χ3n) is 4.59. The van der Waals surface area contributed by atoms with Crippen LogP contribution < -0.4 is 14.2 Å². The molecule has 7 nitrogen and oxygen atoms in total. The van der Waals surface area contributed by atoms with Crippen LogP contribution in [-0.4, -0.2) is 43.0 Å². The highest BCUT2D eigenvalue weighted by Gasteiger charge is 2.19. The van der Waals surface area contributed by atoms with Crippen LogP contribution in [0.2, 0.25) is 0 Å². The van der Waals surface area contributed by atoms with Gasteiger partial charge in [0.05, 0.1) is 19.9 Å². The van der Waals surface area contributed by atoms with Crippen molar-refractivity contribution in [3.8, 4) is 27.8 Å². The SMILES string of the molecule is CCOC(Cc1ccc(OCc2csc(-c3cc(OC)cc(OC)c3)n2)c(F)c1)C(=O)O. The van der Waals surface area contributed by atoms with Crippen molar-refractivity contribution >= 4 is 17.3 Å². The van der Waals surface area contributed by atoms with Crippen LogP contribution in [-0.2, 0) is 22.6 Å². The van der Waals surface area contributed by atoms with Crippen LogP contribution in [0.5, 0.6) is 17.2 Å². The fourth-order valence-corrected chi connectivity index (χ4v) is 3.80. The number of carboxylic acids is 1. The molecule has 0 saturated heterocycles. The van der Waals surface area contributed by atoms with E-state index in [0.717, 1.165) is 10.6 Å². The highest BCUT2D eigenvalue weighted by Crippen LogP contribution is 2.32. The van der Waals surface area contributed by atoms with Gasteiger partial charge in [0.2, 0.25) is 0 Å². The molecule has 9 heteroatoms. The number of thiazole rings is 1. The van der Waals surface area contributed by atoms with Gasteiger partial charge in [-0.05, 0) is 36.8 Å². The molecule has 3 rings (SSSR count). The Morgan fingerprint density at radius 2 is 1.88 bits per heavy atom. The smallest absolute Gasteiger partial charge is 0.333 e. The van der Waals surface area contributed by atoms with Crippen LogP contribution in [0.25, 0.3) is 10.6 Å². The van der Waals surface area contributed by atoms with Crippen LogP contribution >= 0.6 is 11.3 Å². The molecule has 0 aliphatic carbocycles. The highest BCUT2D eigenvalue weighted by atomic mass is 32.1. The van der Waals surface area contributed by atoms with E-state index in [1.54, 1.807) is 33.3 Å². The number of carboxylic acid groups (broad SMARTS) is 1. The summed E-state index contributed by atoms with van der Waals surface area (Å²) in [6, 6.07) is 9.87. The van der Waals surface area contributed by atoms with Gasteiger partial charge in [0, 0.05) is 30.0 Å². The number of ether oxygens (including phenoxy) is 4. The van der Waals surface area contributed by atoms with Crippen molar-refractivity contribution in [1.29, 1.82) is 0 Å². The minimum absolute atomic E-state index is 0.0645. The molecule has 0 aliphatic heterocycles. The van der Waals surface area contributed by atoms with Gasteiger partial charge in [-0.3, -0.25) is 0 Å². The summed E-state index contributed by atoms with van der Waals surface area (Å²) in [4.78, 5) is 15.8. The molecule has 0 bridgehead atoms. The number of aliphatic carboxylic acids is 1. The number of hydrogen-bond donors (Lipinski definition) is 1. The molecular formula is C23H24FNO6S. The third kappa shape index (κ3) is 5.95. The first-order valence-corrected chi connectivity index (χ1v) is 10.7. The number of nitrogens with zero attached hydrogens (tertiary/aromatic N) is 1. The summed E-state index contributed by atoms with van der Waals surface area (Å²) < 4.78 is 35.8. The Balaban J connectivity index is 1.67. The van der Waals surface area contributed by atoms with Gasteiger partial charge in [0.25, 0.3) is 0 Å². The summed E-state index contributed by atoms with van der Waals surface area (Å²) in [6.07, 6.45) is -0.949. The fraction of sp³-hybridized carbons (Fsp3) is 0.304. The van der Waals surface area contributed by atoms with Gasteiger partial charge in [-0.15, -0.1) is 11.3 Å². The second-order valence-corrected chi connectivity index (χ2v) is 7.64. The van der Waals surface area contributed by atoms with Crippen molar-refractivity contribution in [3.05, 3.63) is 58.9 Å². The summed E-state index contributed by atoms with van der Waals surface area (Å²) in [7, 11) is 3.16. The lowest BCUT2D eigenvalue weighted by molar-refractivity contribution is -0.149. The Kier molecular flexibility index (Phi) is 8.02. The van der Waals surface area contributed by atoms with Gasteiger partial charge in [-0.1, -0.05) is 6.07 Å². The highest BCUT2D eigenvalue weighted by molar-refractivity contribution is 7.13. The van der Waals surface area contributed by atoms with E-state index in [1.807, 2.05) is 17.5 Å². The van der Waals surface area contributed by atoms with Crippen molar-refractivity contribution in [2.24, 2.45) is 0 Å². The summed E-state index contributed by atoms with van der Waals surface area (Å²) in [6.45, 7) is 2.06. The van der Waals surface area contributed by atoms with E-state index >= 15 is 0 Å². The largest absolute Gasteiger partial charge is 0.497 e. The van der Waals surface area contributed by atoms with Crippen molar-refractivity contribution in [2.75, 3.05) is 20.8 Å². The normalized spacial score (nSPS) is 11.8. The van der Waals surface area contributed by atoms with E-state index in [-0.39, 0.29) is 25.4 Å². The molecular weight excluding hydrogens is 437 g/mol. The van der Waals surface area contributed by atoms with Gasteiger partial charge in [-0.2, -0.15) is 0 Å². The van der Waals surface area contributed by atoms with E-state index in [2.05, 4.69) is 4.98 Å². The third-order valence-corrected chi connectivity index (χ3v) is 5.53. The molecule has 2 aromatic carbocycles. The Labute approximate surface area is 189 Å². The number of benzene rings is 2. The van der Waals surface area contributed by atoms with E-state index < -0.39 is 17.9 Å². The van der Waals surface area contributed by atoms with Crippen molar-refractivity contribution < 1.29 is 33.2 Å². The zero-order valence-corrected chi connectivity index (χ0v) is 18.8. The van der Waals surface area contributed by atoms with E-state index in [1.165, 1.54) is 23.5 Å². The number of hydrogen-bond acceptors (Lipinski definition) is 7. The fourth-order valence-electron chi connectivity index (χ4n) is 3.01. The minimum atomic E-state index is -1.08. The summed E-state index contributed by atoms with van der Waals surface area (Å²) in [5.74, 6) is -0.278. The van der Waals surface area contributed by atoms with Crippen LogP contribution in [0.15, 0.2) is 41.8 Å². The molecule has 1 atom stereocenters. The first kappa shape index (κ1) is 23.5. The van der Waals surface area contributed by atoms with Crippen molar-refractivity contribution in [3.63, 3.8) is 0 Å². The number of carbonyl (C=O) groups is 1. The maximum atomic E-state index is 14.5. The Hall–Kier alpha value is -3.17. The monoisotopic (exact) mass is 461 g/mol. The van der Waals surface area contributed by atoms with Gasteiger partial charge in [0.1, 0.15) is 23.1 Å². The topological polar surface area (TPSA) is 87.1 Å². The molecule has 0 aliphatic rings. The average Bonchev–Trinajstić information content (AvgIpc) is 3.27. The molecule has 170 valence electrons. The molecule has 1 heterocycles. The molecule has 0 radical (unpaired) electrons. The van der Waals surface area contributed by atoms with Crippen LogP contribution in [0.1, 0.15) is 18.2 Å². The number of halogens is 1. The van der Waals surface area contributed by atoms with E-state index in [9.17, 15) is 14.3 Å². The maximum absolute atomic E-state index is 14.5. The molecule has 0 fully saturated rings. The maximum Gasteiger partial charge on any atom is 0.333 e. The Bertz CT molecular complexity index is 1050. The van der Waals surface area contributed by atoms with Gasteiger partial charge in [-0.25, -0.2) is 14.2 Å². The lowest BCUT2D eigenvalue weighted by Crippen LogP contribution is -2.26. The lowest BCUT2D eigenvalue weighted by atomic mass is 10.1. The molecule has 1 aromatic heterocycles. The summed E-state index contributed by atoms with van der Waals surface area (Å²) in [5, 5.41) is 11.8. The average molecular weight is 462 g/mol. The van der Waals surface area contributed by atoms with Gasteiger partial charge in [0.15, 0.2) is 17.7 Å². The van der Waals surface area contributed by atoms with E-state index in [4.69, 9.17) is 18.9 Å². The van der Waals surface area contributed by atoms with Crippen molar-refractivity contribution in [2.45, 2.75) is 26.1 Å². The molecule has 3 aromatic rings. The van der Waals surface area contributed by atoms with Crippen LogP contribution in [0, 0.1) is 5.82 Å². The predicted octanol–water partition coefficient (Wildman–Crippen LogP) is 4.58. The Morgan fingerprint density at radius 1 is 1.16 bits per heavy atom. The first-order chi connectivity index (χ1) is 15.4. The summed E-state index contributed by atoms with van der Waals surface area (Å²) >= 11 is 1.43.